The lowest BCUT2D eigenvalue weighted by Gasteiger charge is -2.27. The molecule has 1 aliphatic rings. The van der Waals surface area contributed by atoms with Gasteiger partial charge in [0.25, 0.3) is 5.91 Å². The van der Waals surface area contributed by atoms with Gasteiger partial charge >= 0.3 is 6.03 Å². The van der Waals surface area contributed by atoms with Gasteiger partial charge in [-0.3, -0.25) is 10.2 Å². The van der Waals surface area contributed by atoms with E-state index in [-0.39, 0.29) is 11.9 Å². The summed E-state index contributed by atoms with van der Waals surface area (Å²) in [6, 6.07) is 12.8. The van der Waals surface area contributed by atoms with E-state index in [2.05, 4.69) is 15.7 Å². The average molecular weight is 453 g/mol. The fraction of sp³-hybridized carbons (Fsp3) is 0.292. The number of halogens is 1. The Balaban J connectivity index is 1.57. The number of carbonyl (C=O) groups excluding carboxylic acids is 2. The van der Waals surface area contributed by atoms with Crippen molar-refractivity contribution in [2.45, 2.75) is 45.1 Å². The maximum absolute atomic E-state index is 13.3. The summed E-state index contributed by atoms with van der Waals surface area (Å²) in [5, 5.41) is 6.32. The van der Waals surface area contributed by atoms with E-state index in [9.17, 15) is 14.0 Å². The van der Waals surface area contributed by atoms with Gasteiger partial charge in [-0.05, 0) is 56.2 Å². The van der Waals surface area contributed by atoms with Crippen LogP contribution in [0.1, 0.15) is 48.0 Å². The molecule has 0 bridgehead atoms. The molecular weight excluding hydrogens is 427 g/mol. The summed E-state index contributed by atoms with van der Waals surface area (Å²) in [5.41, 5.74) is 5.52. The van der Waals surface area contributed by atoms with Gasteiger partial charge in [-0.2, -0.15) is 5.01 Å². The SMILES string of the molecule is Cc1ccc(C(=O)NN(C(=O)NC2CCCCC2)c2nc(-c3ccc(F)cc3)cs2)cc1. The van der Waals surface area contributed by atoms with E-state index in [0.717, 1.165) is 36.8 Å². The zero-order valence-corrected chi connectivity index (χ0v) is 18.6. The topological polar surface area (TPSA) is 74.3 Å². The monoisotopic (exact) mass is 452 g/mol. The van der Waals surface area contributed by atoms with E-state index in [1.807, 2.05) is 19.1 Å². The maximum Gasteiger partial charge on any atom is 0.343 e. The van der Waals surface area contributed by atoms with Crippen LogP contribution >= 0.6 is 11.3 Å². The summed E-state index contributed by atoms with van der Waals surface area (Å²) in [4.78, 5) is 30.5. The molecule has 1 saturated carbocycles. The third kappa shape index (κ3) is 5.31. The summed E-state index contributed by atoms with van der Waals surface area (Å²) in [7, 11) is 0. The molecule has 1 heterocycles. The number of nitrogens with zero attached hydrogens (tertiary/aromatic N) is 2. The highest BCUT2D eigenvalue weighted by atomic mass is 32.1. The van der Waals surface area contributed by atoms with Crippen LogP contribution in [0.4, 0.5) is 14.3 Å². The number of benzene rings is 2. The number of carbonyl (C=O) groups is 2. The number of rotatable bonds is 4. The fourth-order valence-electron chi connectivity index (χ4n) is 3.66. The van der Waals surface area contributed by atoms with Gasteiger partial charge in [-0.1, -0.05) is 37.0 Å². The first-order valence-electron chi connectivity index (χ1n) is 10.7. The molecule has 4 rings (SSSR count). The average Bonchev–Trinajstić information content (AvgIpc) is 3.28. The van der Waals surface area contributed by atoms with Gasteiger partial charge < -0.3 is 5.32 Å². The number of urea groups is 1. The summed E-state index contributed by atoms with van der Waals surface area (Å²) < 4.78 is 13.3. The molecule has 0 unspecified atom stereocenters. The van der Waals surface area contributed by atoms with Gasteiger partial charge in [0.05, 0.1) is 5.69 Å². The third-order valence-corrected chi connectivity index (χ3v) is 6.31. The van der Waals surface area contributed by atoms with Gasteiger partial charge in [0.15, 0.2) is 0 Å². The van der Waals surface area contributed by atoms with Crippen LogP contribution in [-0.4, -0.2) is 23.0 Å². The molecule has 1 fully saturated rings. The van der Waals surface area contributed by atoms with Crippen molar-refractivity contribution in [3.8, 4) is 11.3 Å². The number of hydrazine groups is 1. The Labute approximate surface area is 190 Å². The molecule has 1 aromatic heterocycles. The van der Waals surface area contributed by atoms with Crippen LogP contribution < -0.4 is 15.8 Å². The second kappa shape index (κ2) is 9.91. The highest BCUT2D eigenvalue weighted by Gasteiger charge is 2.25. The molecule has 6 nitrogen and oxygen atoms in total. The molecule has 8 heteroatoms. The second-order valence-corrected chi connectivity index (χ2v) is 8.79. The van der Waals surface area contributed by atoms with Crippen molar-refractivity contribution < 1.29 is 14.0 Å². The van der Waals surface area contributed by atoms with Crippen molar-refractivity contribution in [3.05, 3.63) is 70.9 Å². The van der Waals surface area contributed by atoms with Crippen molar-refractivity contribution in [2.24, 2.45) is 0 Å². The molecule has 0 aliphatic heterocycles. The number of hydrogen-bond acceptors (Lipinski definition) is 4. The normalized spacial score (nSPS) is 14.1. The lowest BCUT2D eigenvalue weighted by molar-refractivity contribution is 0.0949. The largest absolute Gasteiger partial charge is 0.343 e. The number of hydrogen-bond donors (Lipinski definition) is 2. The lowest BCUT2D eigenvalue weighted by Crippen LogP contribution is -2.53. The highest BCUT2D eigenvalue weighted by Crippen LogP contribution is 2.27. The second-order valence-electron chi connectivity index (χ2n) is 7.95. The van der Waals surface area contributed by atoms with Crippen molar-refractivity contribution in [1.29, 1.82) is 0 Å². The van der Waals surface area contributed by atoms with Gasteiger partial charge in [0, 0.05) is 22.5 Å². The number of thiazole rings is 1. The molecule has 2 aromatic carbocycles. The molecule has 32 heavy (non-hydrogen) atoms. The van der Waals surface area contributed by atoms with E-state index in [1.165, 1.54) is 34.9 Å². The molecule has 166 valence electrons. The predicted molar refractivity (Wildman–Crippen MR) is 124 cm³/mol. The molecule has 0 spiro atoms. The Morgan fingerprint density at radius 3 is 2.41 bits per heavy atom. The number of nitrogens with one attached hydrogen (secondary N) is 2. The summed E-state index contributed by atoms with van der Waals surface area (Å²) in [6.07, 6.45) is 5.17. The van der Waals surface area contributed by atoms with Crippen molar-refractivity contribution in [3.63, 3.8) is 0 Å². The van der Waals surface area contributed by atoms with Gasteiger partial charge in [-0.25, -0.2) is 14.2 Å². The first-order chi connectivity index (χ1) is 15.5. The van der Waals surface area contributed by atoms with Crippen LogP contribution in [0, 0.1) is 12.7 Å². The first kappa shape index (κ1) is 22.0. The Morgan fingerprint density at radius 1 is 1.03 bits per heavy atom. The molecule has 0 saturated heterocycles. The highest BCUT2D eigenvalue weighted by molar-refractivity contribution is 7.14. The van der Waals surface area contributed by atoms with Crippen LogP contribution in [0.15, 0.2) is 53.9 Å². The van der Waals surface area contributed by atoms with Crippen LogP contribution in [0.2, 0.25) is 0 Å². The molecule has 1 aliphatic carbocycles. The summed E-state index contributed by atoms with van der Waals surface area (Å²) in [6.45, 7) is 1.94. The van der Waals surface area contributed by atoms with E-state index >= 15 is 0 Å². The summed E-state index contributed by atoms with van der Waals surface area (Å²) >= 11 is 1.23. The van der Waals surface area contributed by atoms with E-state index in [4.69, 9.17) is 0 Å². The zero-order chi connectivity index (χ0) is 22.5. The number of aryl methyl sites for hydroxylation is 1. The maximum atomic E-state index is 13.3. The molecular formula is C24H25FN4O2S. The Kier molecular flexibility index (Phi) is 6.80. The van der Waals surface area contributed by atoms with Gasteiger partial charge in [-0.15, -0.1) is 11.3 Å². The Morgan fingerprint density at radius 2 is 1.72 bits per heavy atom. The molecule has 0 radical (unpaired) electrons. The van der Waals surface area contributed by atoms with Crippen LogP contribution in [0.5, 0.6) is 0 Å². The number of anilines is 1. The summed E-state index contributed by atoms with van der Waals surface area (Å²) in [5.74, 6) is -0.731. The molecule has 2 N–H and O–H groups in total. The third-order valence-electron chi connectivity index (χ3n) is 5.49. The van der Waals surface area contributed by atoms with Crippen molar-refractivity contribution in [1.82, 2.24) is 15.7 Å². The smallest absolute Gasteiger partial charge is 0.333 e. The molecule has 0 atom stereocenters. The lowest BCUT2D eigenvalue weighted by atomic mass is 9.96. The van der Waals surface area contributed by atoms with Crippen LogP contribution in [-0.2, 0) is 0 Å². The quantitative estimate of drug-likeness (QED) is 0.517. The minimum atomic E-state index is -0.419. The van der Waals surface area contributed by atoms with E-state index in [0.29, 0.717) is 16.4 Å². The Bertz CT molecular complexity index is 1080. The Hall–Kier alpha value is -3.26. The van der Waals surface area contributed by atoms with Gasteiger partial charge in [0.1, 0.15) is 5.82 Å². The zero-order valence-electron chi connectivity index (χ0n) is 17.8. The van der Waals surface area contributed by atoms with Crippen molar-refractivity contribution >= 4 is 28.4 Å². The number of aromatic nitrogens is 1. The number of amides is 3. The standard InChI is InChI=1S/C24H25FN4O2S/c1-16-7-9-18(10-8-16)22(30)28-29(23(31)26-20-5-3-2-4-6-20)24-27-21(15-32-24)17-11-13-19(25)14-12-17/h7-15,20H,2-6H2,1H3,(H,26,31)(H,28,30). The first-order valence-corrected chi connectivity index (χ1v) is 11.6. The van der Waals surface area contributed by atoms with E-state index in [1.54, 1.807) is 29.6 Å². The fourth-order valence-corrected chi connectivity index (χ4v) is 4.45. The molecule has 3 aromatic rings. The minimum absolute atomic E-state index is 0.0755. The van der Waals surface area contributed by atoms with Gasteiger partial charge in [0.2, 0.25) is 5.13 Å². The van der Waals surface area contributed by atoms with E-state index < -0.39 is 11.9 Å². The predicted octanol–water partition coefficient (Wildman–Crippen LogP) is 5.45. The van der Waals surface area contributed by atoms with Crippen molar-refractivity contribution in [2.75, 3.05) is 5.01 Å². The van der Waals surface area contributed by atoms with Crippen LogP contribution in [0.25, 0.3) is 11.3 Å². The molecule has 3 amide bonds. The minimum Gasteiger partial charge on any atom is -0.333 e. The van der Waals surface area contributed by atoms with Crippen LogP contribution in [0.3, 0.4) is 0 Å².